The fraction of sp³-hybridized carbons (Fsp3) is 0.333. The molecule has 24 heavy (non-hydrogen) atoms. The minimum Gasteiger partial charge on any atom is -0.361 e. The van der Waals surface area contributed by atoms with Crippen LogP contribution in [0.15, 0.2) is 56.9 Å². The Morgan fingerprint density at radius 1 is 1.33 bits per heavy atom. The van der Waals surface area contributed by atoms with Crippen molar-refractivity contribution < 1.29 is 9.32 Å². The molecule has 1 unspecified atom stereocenters. The Morgan fingerprint density at radius 3 is 2.75 bits per heavy atom. The highest BCUT2D eigenvalue weighted by Crippen LogP contribution is 2.15. The zero-order valence-corrected chi connectivity index (χ0v) is 15.1. The Bertz CT molecular complexity index is 741. The molecule has 0 saturated carbocycles. The maximum atomic E-state index is 12.6. The molecule has 6 heteroatoms. The Balaban J connectivity index is 2.21. The van der Waals surface area contributed by atoms with E-state index in [0.717, 1.165) is 11.3 Å². The van der Waals surface area contributed by atoms with Gasteiger partial charge in [-0.3, -0.25) is 4.79 Å². The first-order valence-electron chi connectivity index (χ1n) is 7.78. The molecule has 0 spiro atoms. The second kappa shape index (κ2) is 8.02. The van der Waals surface area contributed by atoms with Crippen LogP contribution in [0.2, 0.25) is 0 Å². The van der Waals surface area contributed by atoms with Crippen LogP contribution in [0.4, 0.5) is 0 Å². The van der Waals surface area contributed by atoms with Crippen molar-refractivity contribution in [3.05, 3.63) is 63.8 Å². The third-order valence-corrected chi connectivity index (χ3v) is 3.75. The highest BCUT2D eigenvalue weighted by molar-refractivity contribution is 6.31. The lowest BCUT2D eigenvalue weighted by Crippen LogP contribution is -2.33. The SMILES string of the molecule is CC1=C\C(Cl)=C/C/C=C(\C)N/C(C(=O)NC(C)c2cc(C)on2)=C\1. The van der Waals surface area contributed by atoms with Crippen molar-refractivity contribution in [2.45, 2.75) is 40.2 Å². The highest BCUT2D eigenvalue weighted by atomic mass is 35.5. The van der Waals surface area contributed by atoms with E-state index in [4.69, 9.17) is 16.1 Å². The van der Waals surface area contributed by atoms with Crippen LogP contribution in [0.1, 0.15) is 44.7 Å². The van der Waals surface area contributed by atoms with Crippen molar-refractivity contribution in [1.82, 2.24) is 15.8 Å². The normalized spacial score (nSPS) is 25.5. The van der Waals surface area contributed by atoms with E-state index in [1.807, 2.05) is 45.9 Å². The highest BCUT2D eigenvalue weighted by Gasteiger charge is 2.17. The molecule has 1 aliphatic rings. The maximum Gasteiger partial charge on any atom is 0.268 e. The number of aromatic nitrogens is 1. The van der Waals surface area contributed by atoms with Gasteiger partial charge in [-0.15, -0.1) is 0 Å². The summed E-state index contributed by atoms with van der Waals surface area (Å²) in [6, 6.07) is 1.55. The minimum absolute atomic E-state index is 0.218. The van der Waals surface area contributed by atoms with Gasteiger partial charge >= 0.3 is 0 Å². The summed E-state index contributed by atoms with van der Waals surface area (Å²) < 4.78 is 5.05. The van der Waals surface area contributed by atoms with Crippen LogP contribution in [0, 0.1) is 6.92 Å². The van der Waals surface area contributed by atoms with Crippen molar-refractivity contribution in [1.29, 1.82) is 0 Å². The smallest absolute Gasteiger partial charge is 0.268 e. The molecule has 1 aliphatic heterocycles. The summed E-state index contributed by atoms with van der Waals surface area (Å²) in [4.78, 5) is 12.6. The van der Waals surface area contributed by atoms with Crippen molar-refractivity contribution in [2.24, 2.45) is 0 Å². The zero-order valence-electron chi connectivity index (χ0n) is 14.3. The van der Waals surface area contributed by atoms with Crippen LogP contribution in [0.5, 0.6) is 0 Å². The number of carbonyl (C=O) groups excluding carboxylic acids is 1. The van der Waals surface area contributed by atoms with Gasteiger partial charge in [0.2, 0.25) is 0 Å². The summed E-state index contributed by atoms with van der Waals surface area (Å²) in [5, 5.41) is 10.7. The van der Waals surface area contributed by atoms with Crippen LogP contribution >= 0.6 is 11.6 Å². The molecule has 128 valence electrons. The molecule has 0 saturated heterocycles. The lowest BCUT2D eigenvalue weighted by atomic mass is 10.1. The third-order valence-electron chi connectivity index (χ3n) is 3.49. The van der Waals surface area contributed by atoms with Crippen LogP contribution in [0.3, 0.4) is 0 Å². The first kappa shape index (κ1) is 18.1. The summed E-state index contributed by atoms with van der Waals surface area (Å²) in [7, 11) is 0. The number of hydrogen-bond donors (Lipinski definition) is 2. The van der Waals surface area contributed by atoms with Gasteiger partial charge in [-0.2, -0.15) is 0 Å². The van der Waals surface area contributed by atoms with E-state index in [9.17, 15) is 4.79 Å². The molecule has 0 fully saturated rings. The van der Waals surface area contributed by atoms with E-state index in [2.05, 4.69) is 15.8 Å². The lowest BCUT2D eigenvalue weighted by molar-refractivity contribution is -0.118. The predicted molar refractivity (Wildman–Crippen MR) is 95.1 cm³/mol. The fourth-order valence-corrected chi connectivity index (χ4v) is 2.52. The third kappa shape index (κ3) is 5.13. The Labute approximate surface area is 147 Å². The molecule has 2 rings (SSSR count). The van der Waals surface area contributed by atoms with Crippen molar-refractivity contribution in [3.8, 4) is 0 Å². The average Bonchev–Trinajstić information content (AvgIpc) is 2.92. The summed E-state index contributed by atoms with van der Waals surface area (Å²) in [6.45, 7) is 7.49. The molecule has 2 heterocycles. The monoisotopic (exact) mass is 347 g/mol. The summed E-state index contributed by atoms with van der Waals surface area (Å²) in [5.74, 6) is 0.491. The zero-order chi connectivity index (χ0) is 17.7. The number of rotatable bonds is 3. The number of nitrogens with one attached hydrogen (secondary N) is 2. The number of hydrogen-bond acceptors (Lipinski definition) is 4. The predicted octanol–water partition coefficient (Wildman–Crippen LogP) is 4.01. The van der Waals surface area contributed by atoms with Gasteiger partial charge in [0, 0.05) is 16.8 Å². The molecule has 5 nitrogen and oxygen atoms in total. The molecule has 1 atom stereocenters. The molecule has 2 N–H and O–H groups in total. The number of carbonyl (C=O) groups is 1. The van der Waals surface area contributed by atoms with E-state index < -0.39 is 0 Å². The van der Waals surface area contributed by atoms with Crippen LogP contribution < -0.4 is 10.6 Å². The Hall–Kier alpha value is -2.27. The Morgan fingerprint density at radius 2 is 2.08 bits per heavy atom. The molecule has 0 aliphatic carbocycles. The maximum absolute atomic E-state index is 12.6. The van der Waals surface area contributed by atoms with Crippen molar-refractivity contribution in [2.75, 3.05) is 0 Å². The topological polar surface area (TPSA) is 67.2 Å². The first-order valence-corrected chi connectivity index (χ1v) is 8.16. The molecule has 1 amide bonds. The quantitative estimate of drug-likeness (QED) is 0.866. The standard InChI is InChI=1S/C18H22ClN3O2/c1-11-8-15(19)7-5-6-12(2)20-17(9-11)18(23)21-14(4)16-10-13(3)24-22-16/h6-10,14,20H,5H2,1-4H3,(H,21,23)/b11-8+,12-6+,15-7+,17-9-. The lowest BCUT2D eigenvalue weighted by Gasteiger charge is -2.16. The average molecular weight is 348 g/mol. The molecule has 1 aromatic heterocycles. The van der Waals surface area contributed by atoms with Crippen molar-refractivity contribution in [3.63, 3.8) is 0 Å². The van der Waals surface area contributed by atoms with Gasteiger partial charge < -0.3 is 15.2 Å². The van der Waals surface area contributed by atoms with E-state index in [1.54, 1.807) is 12.1 Å². The second-order valence-electron chi connectivity index (χ2n) is 5.84. The van der Waals surface area contributed by atoms with Crippen LogP contribution in [-0.4, -0.2) is 11.1 Å². The Kier molecular flexibility index (Phi) is 6.04. The first-order chi connectivity index (χ1) is 11.3. The molecular weight excluding hydrogens is 326 g/mol. The van der Waals surface area contributed by atoms with Crippen LogP contribution in [0.25, 0.3) is 0 Å². The fourth-order valence-electron chi connectivity index (χ4n) is 2.25. The van der Waals surface area contributed by atoms with E-state index >= 15 is 0 Å². The van der Waals surface area contributed by atoms with Gasteiger partial charge in [0.15, 0.2) is 0 Å². The van der Waals surface area contributed by atoms with Gasteiger partial charge in [-0.1, -0.05) is 28.9 Å². The number of halogens is 1. The van der Waals surface area contributed by atoms with Gasteiger partial charge in [-0.25, -0.2) is 0 Å². The largest absolute Gasteiger partial charge is 0.361 e. The number of allylic oxidation sites excluding steroid dienone is 7. The number of amides is 1. The summed E-state index contributed by atoms with van der Waals surface area (Å²) >= 11 is 6.14. The van der Waals surface area contributed by atoms with E-state index in [-0.39, 0.29) is 11.9 Å². The van der Waals surface area contributed by atoms with E-state index in [1.165, 1.54) is 0 Å². The molecule has 1 aromatic rings. The van der Waals surface area contributed by atoms with Crippen LogP contribution in [-0.2, 0) is 4.79 Å². The van der Waals surface area contributed by atoms with Gasteiger partial charge in [0.1, 0.15) is 17.2 Å². The van der Waals surface area contributed by atoms with Gasteiger partial charge in [0.25, 0.3) is 5.91 Å². The molecule has 0 radical (unpaired) electrons. The summed E-state index contributed by atoms with van der Waals surface area (Å²) in [6.07, 6.45) is 8.20. The molecule has 0 aromatic carbocycles. The van der Waals surface area contributed by atoms with E-state index in [0.29, 0.717) is 28.6 Å². The molecule has 0 bridgehead atoms. The number of aryl methyl sites for hydroxylation is 1. The van der Waals surface area contributed by atoms with Gasteiger partial charge in [-0.05, 0) is 51.8 Å². The second-order valence-corrected chi connectivity index (χ2v) is 6.28. The van der Waals surface area contributed by atoms with Gasteiger partial charge in [0.05, 0.1) is 6.04 Å². The summed E-state index contributed by atoms with van der Waals surface area (Å²) in [5.41, 5.74) is 2.91. The number of nitrogens with zero attached hydrogens (tertiary/aromatic N) is 1. The van der Waals surface area contributed by atoms with Crippen molar-refractivity contribution >= 4 is 17.5 Å². The molecular formula is C18H22ClN3O2. The minimum atomic E-state index is -0.259.